The van der Waals surface area contributed by atoms with Gasteiger partial charge >= 0.3 is 12.1 Å². The number of rotatable bonds is 4. The van der Waals surface area contributed by atoms with Crippen molar-refractivity contribution in [3.8, 4) is 0 Å². The minimum atomic E-state index is -4.46. The Hall–Kier alpha value is -0.790. The van der Waals surface area contributed by atoms with Crippen LogP contribution in [0.2, 0.25) is 5.02 Å². The molecule has 0 radical (unpaired) electrons. The van der Waals surface area contributed by atoms with Crippen LogP contribution in [0.3, 0.4) is 0 Å². The summed E-state index contributed by atoms with van der Waals surface area (Å²) in [7, 11) is 1.10. The maximum absolute atomic E-state index is 12.4. The number of benzene rings is 1. The van der Waals surface area contributed by atoms with E-state index >= 15 is 0 Å². The van der Waals surface area contributed by atoms with Gasteiger partial charge in [-0.3, -0.25) is 5.32 Å². The first-order valence-electron chi connectivity index (χ1n) is 5.46. The lowest BCUT2D eigenvalue weighted by molar-refractivity contribution is -0.153. The van der Waals surface area contributed by atoms with E-state index in [1.165, 1.54) is 19.1 Å². The van der Waals surface area contributed by atoms with Crippen LogP contribution in [0, 0.1) is 0 Å². The molecule has 0 amide bonds. The standard InChI is InChI=1S/C12H12BrClF3NO2/c1-11(10(19)20-2,18-6-12(15,16)17)8-4-3-7(13)5-9(8)14/h3-5,18H,6H2,1-2H3. The van der Waals surface area contributed by atoms with E-state index in [1.54, 1.807) is 6.07 Å². The lowest BCUT2D eigenvalue weighted by atomic mass is 9.92. The van der Waals surface area contributed by atoms with Crippen molar-refractivity contribution in [2.45, 2.75) is 18.6 Å². The van der Waals surface area contributed by atoms with E-state index in [-0.39, 0.29) is 10.6 Å². The highest BCUT2D eigenvalue weighted by atomic mass is 79.9. The van der Waals surface area contributed by atoms with Crippen LogP contribution < -0.4 is 5.32 Å². The second kappa shape index (κ2) is 6.32. The summed E-state index contributed by atoms with van der Waals surface area (Å²) in [5.74, 6) is -0.856. The monoisotopic (exact) mass is 373 g/mol. The molecule has 0 aliphatic heterocycles. The highest BCUT2D eigenvalue weighted by Gasteiger charge is 2.41. The molecular formula is C12H12BrClF3NO2. The Bertz CT molecular complexity index is 510. The molecular weight excluding hydrogens is 362 g/mol. The van der Waals surface area contributed by atoms with Gasteiger partial charge < -0.3 is 4.74 Å². The highest BCUT2D eigenvalue weighted by molar-refractivity contribution is 9.10. The molecule has 0 saturated carbocycles. The van der Waals surface area contributed by atoms with Gasteiger partial charge in [0.25, 0.3) is 0 Å². The summed E-state index contributed by atoms with van der Waals surface area (Å²) in [4.78, 5) is 11.9. The lowest BCUT2D eigenvalue weighted by Gasteiger charge is -2.30. The van der Waals surface area contributed by atoms with Crippen LogP contribution in [0.15, 0.2) is 22.7 Å². The molecule has 0 fully saturated rings. The molecule has 0 aliphatic carbocycles. The molecule has 3 nitrogen and oxygen atoms in total. The maximum atomic E-state index is 12.4. The number of hydrogen-bond donors (Lipinski definition) is 1. The van der Waals surface area contributed by atoms with Crippen LogP contribution in [0.5, 0.6) is 0 Å². The van der Waals surface area contributed by atoms with Crippen LogP contribution in [0.4, 0.5) is 13.2 Å². The maximum Gasteiger partial charge on any atom is 0.401 e. The normalized spacial score (nSPS) is 14.8. The SMILES string of the molecule is COC(=O)C(C)(NCC(F)(F)F)c1ccc(Br)cc1Cl. The second-order valence-electron chi connectivity index (χ2n) is 4.21. The van der Waals surface area contributed by atoms with Gasteiger partial charge in [0.15, 0.2) is 0 Å². The number of hydrogen-bond acceptors (Lipinski definition) is 3. The summed E-state index contributed by atoms with van der Waals surface area (Å²) in [5, 5.41) is 2.32. The Kier molecular flexibility index (Phi) is 5.46. The first-order valence-corrected chi connectivity index (χ1v) is 6.63. The van der Waals surface area contributed by atoms with E-state index in [9.17, 15) is 18.0 Å². The molecule has 1 N–H and O–H groups in total. The third kappa shape index (κ3) is 4.10. The Morgan fingerprint density at radius 3 is 2.50 bits per heavy atom. The van der Waals surface area contributed by atoms with Gasteiger partial charge in [-0.25, -0.2) is 4.79 Å². The van der Waals surface area contributed by atoms with Gasteiger partial charge in [0.1, 0.15) is 5.54 Å². The van der Waals surface area contributed by atoms with Gasteiger partial charge in [0.2, 0.25) is 0 Å². The number of carbonyl (C=O) groups is 1. The van der Waals surface area contributed by atoms with Crippen molar-refractivity contribution in [2.24, 2.45) is 0 Å². The van der Waals surface area contributed by atoms with Crippen LogP contribution in [0.1, 0.15) is 12.5 Å². The van der Waals surface area contributed by atoms with E-state index in [0.29, 0.717) is 4.47 Å². The Balaban J connectivity index is 3.20. The predicted octanol–water partition coefficient (Wildman–Crippen LogP) is 3.64. The summed E-state index contributed by atoms with van der Waals surface area (Å²) in [6.07, 6.45) is -4.46. The molecule has 1 aromatic rings. The molecule has 1 unspecified atom stereocenters. The zero-order valence-electron chi connectivity index (χ0n) is 10.6. The number of halogens is 5. The van der Waals surface area contributed by atoms with Gasteiger partial charge in [-0.1, -0.05) is 33.6 Å². The topological polar surface area (TPSA) is 38.3 Å². The Labute approximate surface area is 127 Å². The molecule has 8 heteroatoms. The number of carbonyl (C=O) groups excluding carboxylic acids is 1. The van der Waals surface area contributed by atoms with E-state index in [1.807, 2.05) is 0 Å². The third-order valence-electron chi connectivity index (χ3n) is 2.71. The number of nitrogens with one attached hydrogen (secondary N) is 1. The molecule has 20 heavy (non-hydrogen) atoms. The highest BCUT2D eigenvalue weighted by Crippen LogP contribution is 2.32. The zero-order valence-corrected chi connectivity index (χ0v) is 13.0. The van der Waals surface area contributed by atoms with Crippen LogP contribution in [-0.2, 0) is 15.1 Å². The van der Waals surface area contributed by atoms with Gasteiger partial charge in [0.05, 0.1) is 13.7 Å². The predicted molar refractivity (Wildman–Crippen MR) is 72.6 cm³/mol. The molecule has 0 spiro atoms. The van der Waals surface area contributed by atoms with Crippen molar-refractivity contribution >= 4 is 33.5 Å². The van der Waals surface area contributed by atoms with Crippen molar-refractivity contribution < 1.29 is 22.7 Å². The first kappa shape index (κ1) is 17.3. The number of methoxy groups -OCH3 is 1. The molecule has 1 atom stereocenters. The van der Waals surface area contributed by atoms with Gasteiger partial charge in [-0.2, -0.15) is 13.2 Å². The first-order chi connectivity index (χ1) is 9.10. The lowest BCUT2D eigenvalue weighted by Crippen LogP contribution is -2.50. The fourth-order valence-corrected chi connectivity index (χ4v) is 2.52. The average molecular weight is 375 g/mol. The largest absolute Gasteiger partial charge is 0.467 e. The fourth-order valence-electron chi connectivity index (χ4n) is 1.65. The molecule has 0 bridgehead atoms. The third-order valence-corrected chi connectivity index (χ3v) is 3.51. The van der Waals surface area contributed by atoms with E-state index in [0.717, 1.165) is 7.11 Å². The molecule has 0 aliphatic rings. The van der Waals surface area contributed by atoms with Gasteiger partial charge in [0, 0.05) is 15.1 Å². The number of esters is 1. The summed E-state index contributed by atoms with van der Waals surface area (Å²) >= 11 is 9.19. The van der Waals surface area contributed by atoms with Crippen LogP contribution in [0.25, 0.3) is 0 Å². The van der Waals surface area contributed by atoms with Crippen molar-refractivity contribution in [2.75, 3.05) is 13.7 Å². The Morgan fingerprint density at radius 1 is 1.45 bits per heavy atom. The molecule has 1 aromatic carbocycles. The molecule has 112 valence electrons. The molecule has 0 saturated heterocycles. The van der Waals surface area contributed by atoms with E-state index < -0.39 is 24.2 Å². The van der Waals surface area contributed by atoms with Gasteiger partial charge in [-0.15, -0.1) is 0 Å². The van der Waals surface area contributed by atoms with Gasteiger partial charge in [-0.05, 0) is 19.1 Å². The summed E-state index contributed by atoms with van der Waals surface area (Å²) in [6.45, 7) is -0.0509. The Morgan fingerprint density at radius 2 is 2.05 bits per heavy atom. The fraction of sp³-hybridized carbons (Fsp3) is 0.417. The minimum Gasteiger partial charge on any atom is -0.467 e. The molecule has 0 heterocycles. The van der Waals surface area contributed by atoms with E-state index in [4.69, 9.17) is 11.6 Å². The second-order valence-corrected chi connectivity index (χ2v) is 5.53. The van der Waals surface area contributed by atoms with Crippen molar-refractivity contribution in [3.05, 3.63) is 33.3 Å². The average Bonchev–Trinajstić information content (AvgIpc) is 2.34. The molecule has 1 rings (SSSR count). The van der Waals surface area contributed by atoms with Crippen LogP contribution in [-0.4, -0.2) is 25.8 Å². The number of alkyl halides is 3. The summed E-state index contributed by atoms with van der Waals surface area (Å²) in [5.41, 5.74) is -1.49. The molecule has 0 aromatic heterocycles. The zero-order chi connectivity index (χ0) is 15.6. The van der Waals surface area contributed by atoms with Crippen molar-refractivity contribution in [1.82, 2.24) is 5.32 Å². The summed E-state index contributed by atoms with van der Waals surface area (Å²) < 4.78 is 42.4. The van der Waals surface area contributed by atoms with Crippen LogP contribution >= 0.6 is 27.5 Å². The number of ether oxygens (including phenoxy) is 1. The van der Waals surface area contributed by atoms with Crippen molar-refractivity contribution in [1.29, 1.82) is 0 Å². The minimum absolute atomic E-state index is 0.155. The smallest absolute Gasteiger partial charge is 0.401 e. The van der Waals surface area contributed by atoms with E-state index in [2.05, 4.69) is 26.0 Å². The summed E-state index contributed by atoms with van der Waals surface area (Å²) in [6, 6.07) is 4.54. The van der Waals surface area contributed by atoms with Crippen molar-refractivity contribution in [3.63, 3.8) is 0 Å². The quantitative estimate of drug-likeness (QED) is 0.818.